The Bertz CT molecular complexity index is 1040. The number of hydroxylamine groups is 1. The summed E-state index contributed by atoms with van der Waals surface area (Å²) in [6.07, 6.45) is 1.27. The van der Waals surface area contributed by atoms with Gasteiger partial charge in [0, 0.05) is 5.56 Å². The summed E-state index contributed by atoms with van der Waals surface area (Å²) >= 11 is 3.33. The van der Waals surface area contributed by atoms with Crippen LogP contribution in [-0.2, 0) is 10.1 Å². The van der Waals surface area contributed by atoms with E-state index in [4.69, 9.17) is 29.9 Å². The third-order valence-corrected chi connectivity index (χ3v) is 5.08. The smallest absolute Gasteiger partial charge is 0.294 e. The monoisotopic (exact) mass is 518 g/mol. The van der Waals surface area contributed by atoms with Crippen molar-refractivity contribution in [2.75, 3.05) is 21.3 Å². The lowest BCUT2D eigenvalue weighted by atomic mass is 10.2. The van der Waals surface area contributed by atoms with Crippen LogP contribution in [0.3, 0.4) is 0 Å². The molecule has 0 heterocycles. The molecular formula is C18H23BrN4O7S. The van der Waals surface area contributed by atoms with Crippen molar-refractivity contribution in [1.29, 1.82) is 5.41 Å². The van der Waals surface area contributed by atoms with E-state index in [1.165, 1.54) is 39.7 Å². The van der Waals surface area contributed by atoms with Crippen LogP contribution in [0, 0.1) is 12.3 Å². The van der Waals surface area contributed by atoms with Gasteiger partial charge in [-0.25, -0.2) is 0 Å². The molecule has 0 amide bonds. The summed E-state index contributed by atoms with van der Waals surface area (Å²) in [5, 5.41) is 20.0. The minimum absolute atomic E-state index is 0.0666. The maximum Gasteiger partial charge on any atom is 0.294 e. The number of ether oxygens (including phenoxy) is 3. The summed E-state index contributed by atoms with van der Waals surface area (Å²) in [4.78, 5) is -0.0666. The second-order valence-electron chi connectivity index (χ2n) is 5.75. The van der Waals surface area contributed by atoms with Crippen LogP contribution in [-0.4, -0.2) is 56.9 Å². The minimum atomic E-state index is -4.02. The summed E-state index contributed by atoms with van der Waals surface area (Å²) in [6, 6.07) is 7.65. The second-order valence-corrected chi connectivity index (χ2v) is 8.03. The molecule has 0 spiro atoms. The summed E-state index contributed by atoms with van der Waals surface area (Å²) in [5.74, 6) is 0.597. The Morgan fingerprint density at radius 1 is 1.13 bits per heavy atom. The molecule has 0 aromatic heterocycles. The van der Waals surface area contributed by atoms with Gasteiger partial charge in [-0.1, -0.05) is 17.7 Å². The number of hydrazone groups is 1. The van der Waals surface area contributed by atoms with E-state index in [1.54, 1.807) is 18.2 Å². The van der Waals surface area contributed by atoms with Gasteiger partial charge in [-0.3, -0.25) is 15.2 Å². The number of nitrogens with two attached hydrogens (primary N) is 1. The van der Waals surface area contributed by atoms with Gasteiger partial charge in [0.25, 0.3) is 10.1 Å². The zero-order chi connectivity index (χ0) is 23.8. The molecule has 0 unspecified atom stereocenters. The van der Waals surface area contributed by atoms with Crippen molar-refractivity contribution in [3.8, 4) is 17.2 Å². The lowest BCUT2D eigenvalue weighted by Gasteiger charge is -2.15. The molecule has 0 aliphatic carbocycles. The topological polar surface area (TPSA) is 168 Å². The summed E-state index contributed by atoms with van der Waals surface area (Å²) < 4.78 is 45.9. The molecule has 0 radical (unpaired) electrons. The molecular weight excluding hydrogens is 496 g/mol. The Balaban J connectivity index is 0.000000367. The predicted molar refractivity (Wildman–Crippen MR) is 118 cm³/mol. The molecule has 5 N–H and O–H groups in total. The average molecular weight is 519 g/mol. The average Bonchev–Trinajstić information content (AvgIpc) is 2.71. The van der Waals surface area contributed by atoms with Gasteiger partial charge in [-0.15, -0.1) is 5.17 Å². The van der Waals surface area contributed by atoms with E-state index < -0.39 is 16.1 Å². The van der Waals surface area contributed by atoms with E-state index in [0.29, 0.717) is 27.3 Å². The maximum atomic E-state index is 10.5. The highest BCUT2D eigenvalue weighted by molar-refractivity contribution is 9.10. The molecule has 0 saturated heterocycles. The van der Waals surface area contributed by atoms with E-state index in [0.717, 1.165) is 5.56 Å². The lowest BCUT2D eigenvalue weighted by molar-refractivity contribution is -0.0139. The lowest BCUT2D eigenvalue weighted by Crippen LogP contribution is -2.28. The van der Waals surface area contributed by atoms with Crippen LogP contribution in [0.4, 0.5) is 0 Å². The zero-order valence-electron chi connectivity index (χ0n) is 17.2. The van der Waals surface area contributed by atoms with Crippen LogP contribution < -0.4 is 19.9 Å². The van der Waals surface area contributed by atoms with Gasteiger partial charge in [0.2, 0.25) is 11.7 Å². The number of benzene rings is 2. The molecule has 170 valence electrons. The Morgan fingerprint density at radius 3 is 2.06 bits per heavy atom. The SMILES string of the molecule is COc1c(Br)cc(/C=N/N(O)C(=N)N)c(OC)c1OC.Cc1ccc(S(=O)(=O)O)cc1. The number of hydrogen-bond donors (Lipinski definition) is 4. The summed E-state index contributed by atoms with van der Waals surface area (Å²) in [7, 11) is 0.418. The number of guanidine groups is 1. The van der Waals surface area contributed by atoms with Crippen molar-refractivity contribution in [3.05, 3.63) is 45.9 Å². The van der Waals surface area contributed by atoms with Gasteiger partial charge in [0.05, 0.1) is 36.9 Å². The molecule has 13 heteroatoms. The van der Waals surface area contributed by atoms with Gasteiger partial charge in [0.1, 0.15) is 0 Å². The van der Waals surface area contributed by atoms with Gasteiger partial charge in [-0.2, -0.15) is 13.5 Å². The van der Waals surface area contributed by atoms with E-state index in [2.05, 4.69) is 21.0 Å². The molecule has 2 rings (SSSR count). The number of nitrogens with zero attached hydrogens (tertiary/aromatic N) is 2. The van der Waals surface area contributed by atoms with E-state index in [1.807, 2.05) is 6.92 Å². The normalized spacial score (nSPS) is 10.8. The van der Waals surface area contributed by atoms with Crippen molar-refractivity contribution in [2.45, 2.75) is 11.8 Å². The molecule has 0 aliphatic rings. The van der Waals surface area contributed by atoms with Crippen molar-refractivity contribution in [2.24, 2.45) is 10.8 Å². The number of methoxy groups -OCH3 is 3. The maximum absolute atomic E-state index is 10.5. The number of hydrogen-bond acceptors (Lipinski definition) is 8. The van der Waals surface area contributed by atoms with Crippen LogP contribution in [0.25, 0.3) is 0 Å². The molecule has 31 heavy (non-hydrogen) atoms. The highest BCUT2D eigenvalue weighted by Gasteiger charge is 2.19. The molecule has 2 aromatic rings. The predicted octanol–water partition coefficient (Wildman–Crippen LogP) is 2.64. The minimum Gasteiger partial charge on any atom is -0.492 e. The Hall–Kier alpha value is -2.87. The van der Waals surface area contributed by atoms with Gasteiger partial charge >= 0.3 is 0 Å². The molecule has 2 aromatic carbocycles. The van der Waals surface area contributed by atoms with E-state index in [9.17, 15) is 13.6 Å². The zero-order valence-corrected chi connectivity index (χ0v) is 19.6. The summed E-state index contributed by atoms with van der Waals surface area (Å²) in [5.41, 5.74) is 6.52. The van der Waals surface area contributed by atoms with Gasteiger partial charge < -0.3 is 19.9 Å². The highest BCUT2D eigenvalue weighted by Crippen LogP contribution is 2.44. The molecule has 0 atom stereocenters. The molecule has 0 fully saturated rings. The fourth-order valence-corrected chi connectivity index (χ4v) is 3.25. The van der Waals surface area contributed by atoms with Gasteiger partial charge in [0.15, 0.2) is 11.5 Å². The first kappa shape index (κ1) is 26.2. The van der Waals surface area contributed by atoms with Gasteiger partial charge in [-0.05, 0) is 41.1 Å². The van der Waals surface area contributed by atoms with Crippen molar-refractivity contribution >= 4 is 38.2 Å². The van der Waals surface area contributed by atoms with Crippen LogP contribution in [0.15, 0.2) is 44.8 Å². The first-order valence-electron chi connectivity index (χ1n) is 8.35. The highest BCUT2D eigenvalue weighted by atomic mass is 79.9. The number of rotatable bonds is 6. The summed E-state index contributed by atoms with van der Waals surface area (Å²) in [6.45, 7) is 1.84. The van der Waals surface area contributed by atoms with E-state index in [-0.39, 0.29) is 10.1 Å². The van der Waals surface area contributed by atoms with Crippen LogP contribution in [0.5, 0.6) is 17.2 Å². The molecule has 11 nitrogen and oxygen atoms in total. The fraction of sp³-hybridized carbons (Fsp3) is 0.222. The number of aryl methyl sites for hydroxylation is 1. The van der Waals surface area contributed by atoms with E-state index >= 15 is 0 Å². The third kappa shape index (κ3) is 7.40. The Labute approximate surface area is 188 Å². The van der Waals surface area contributed by atoms with Crippen LogP contribution in [0.2, 0.25) is 0 Å². The third-order valence-electron chi connectivity index (χ3n) is 3.63. The number of halogens is 1. The van der Waals surface area contributed by atoms with Crippen LogP contribution >= 0.6 is 15.9 Å². The Morgan fingerprint density at radius 2 is 1.65 bits per heavy atom. The molecule has 0 aliphatic heterocycles. The van der Waals surface area contributed by atoms with Crippen molar-refractivity contribution in [3.63, 3.8) is 0 Å². The van der Waals surface area contributed by atoms with Crippen molar-refractivity contribution < 1.29 is 32.4 Å². The largest absolute Gasteiger partial charge is 0.492 e. The second kappa shape index (κ2) is 11.5. The Kier molecular flexibility index (Phi) is 9.71. The molecule has 0 saturated carbocycles. The first-order valence-corrected chi connectivity index (χ1v) is 10.6. The standard InChI is InChI=1S/C11H15BrN4O4.C7H8O3S/c1-18-8-6(5-15-16(17)11(13)14)4-7(12)9(19-2)10(8)20-3;1-6-2-4-7(5-3-6)11(8,9)10/h4-5,17H,1-3H3,(H3,13,14);2-5H,1H3,(H,8,9,10)/b15-5+;. The quantitative estimate of drug-likeness (QED) is 0.194. The van der Waals surface area contributed by atoms with Crippen LogP contribution in [0.1, 0.15) is 11.1 Å². The first-order chi connectivity index (χ1) is 14.5. The number of nitrogens with one attached hydrogen (secondary N) is 1. The fourth-order valence-electron chi connectivity index (χ4n) is 2.18. The van der Waals surface area contributed by atoms with Crippen molar-refractivity contribution in [1.82, 2.24) is 5.17 Å². The molecule has 0 bridgehead atoms.